The van der Waals surface area contributed by atoms with Gasteiger partial charge in [-0.15, -0.1) is 0 Å². The van der Waals surface area contributed by atoms with Gasteiger partial charge in [0.15, 0.2) is 5.69 Å². The maximum absolute atomic E-state index is 13.3. The number of nitrogens with zero attached hydrogens (tertiary/aromatic N) is 2. The highest BCUT2D eigenvalue weighted by Crippen LogP contribution is 2.42. The van der Waals surface area contributed by atoms with Gasteiger partial charge in [-0.2, -0.15) is 5.23 Å². The van der Waals surface area contributed by atoms with Gasteiger partial charge in [0, 0.05) is 41.7 Å². The lowest BCUT2D eigenvalue weighted by molar-refractivity contribution is -0.991. The predicted octanol–water partition coefficient (Wildman–Crippen LogP) is 1.67. The molecule has 2 aliphatic rings. The number of piperazine rings is 1. The first-order chi connectivity index (χ1) is 15.0. The average molecular weight is 420 g/mol. The van der Waals surface area contributed by atoms with Gasteiger partial charge in [-0.1, -0.05) is 37.3 Å². The van der Waals surface area contributed by atoms with Crippen molar-refractivity contribution in [2.24, 2.45) is 0 Å². The zero-order valence-electron chi connectivity index (χ0n) is 17.2. The first-order valence-electron chi connectivity index (χ1n) is 10.5. The Balaban J connectivity index is 1.67. The van der Waals surface area contributed by atoms with Crippen LogP contribution in [0.3, 0.4) is 0 Å². The number of carbonyl (C=O) groups excluding carboxylic acids is 2. The Labute approximate surface area is 179 Å². The highest BCUT2D eigenvalue weighted by molar-refractivity contribution is 5.97. The Morgan fingerprint density at radius 1 is 1.16 bits per heavy atom. The van der Waals surface area contributed by atoms with E-state index >= 15 is 0 Å². The molecule has 1 saturated heterocycles. The first-order valence-corrected chi connectivity index (χ1v) is 10.5. The number of para-hydroxylation sites is 1. The molecule has 0 spiro atoms. The van der Waals surface area contributed by atoms with E-state index in [4.69, 9.17) is 0 Å². The molecule has 160 valence electrons. The third-order valence-electron chi connectivity index (χ3n) is 6.31. The van der Waals surface area contributed by atoms with Gasteiger partial charge in [0.1, 0.15) is 6.04 Å². The smallest absolute Gasteiger partial charge is 0.246 e. The van der Waals surface area contributed by atoms with E-state index in [-0.39, 0.29) is 24.0 Å². The highest BCUT2D eigenvalue weighted by Gasteiger charge is 2.47. The molecule has 31 heavy (non-hydrogen) atoms. The summed E-state index contributed by atoms with van der Waals surface area (Å²) in [7, 11) is 0. The monoisotopic (exact) mass is 420 g/mol. The zero-order valence-corrected chi connectivity index (χ0v) is 17.2. The van der Waals surface area contributed by atoms with E-state index < -0.39 is 17.3 Å². The number of fused-ring (bicyclic) bond motifs is 4. The summed E-state index contributed by atoms with van der Waals surface area (Å²) >= 11 is 0. The van der Waals surface area contributed by atoms with E-state index in [1.54, 1.807) is 34.1 Å². The second-order valence-electron chi connectivity index (χ2n) is 8.17. The van der Waals surface area contributed by atoms with Crippen LogP contribution < -0.4 is 5.23 Å². The van der Waals surface area contributed by atoms with E-state index in [1.165, 1.54) is 0 Å². The molecule has 2 aromatic carbocycles. The SMILES string of the molecule is CCCN1CC(=O)N2C(c3ccc([NH+]([O-])O)cc3)c3[nH]c4ccccc4c3C[C@H]2C1=O. The van der Waals surface area contributed by atoms with Crippen molar-refractivity contribution in [2.75, 3.05) is 13.1 Å². The Bertz CT molecular complexity index is 1150. The van der Waals surface area contributed by atoms with Gasteiger partial charge in [0.25, 0.3) is 0 Å². The van der Waals surface area contributed by atoms with Gasteiger partial charge in [-0.25, -0.2) is 5.21 Å². The molecule has 2 aliphatic heterocycles. The summed E-state index contributed by atoms with van der Waals surface area (Å²) in [4.78, 5) is 33.4. The van der Waals surface area contributed by atoms with Crippen LogP contribution >= 0.6 is 0 Å². The lowest BCUT2D eigenvalue weighted by Crippen LogP contribution is -2.99. The van der Waals surface area contributed by atoms with Gasteiger partial charge in [0.05, 0.1) is 12.6 Å². The molecule has 3 heterocycles. The molecule has 3 atom stereocenters. The van der Waals surface area contributed by atoms with Gasteiger partial charge in [0.2, 0.25) is 11.8 Å². The fourth-order valence-electron chi connectivity index (χ4n) is 4.94. The average Bonchev–Trinajstić information content (AvgIpc) is 3.14. The molecule has 0 aliphatic carbocycles. The van der Waals surface area contributed by atoms with Crippen LogP contribution in [0.5, 0.6) is 0 Å². The highest BCUT2D eigenvalue weighted by atomic mass is 16.8. The number of benzene rings is 2. The fourth-order valence-corrected chi connectivity index (χ4v) is 4.94. The van der Waals surface area contributed by atoms with Crippen LogP contribution in [0.25, 0.3) is 10.9 Å². The van der Waals surface area contributed by atoms with Crippen LogP contribution in [0.1, 0.15) is 36.2 Å². The number of hydrogen-bond acceptors (Lipinski definition) is 4. The van der Waals surface area contributed by atoms with Crippen LogP contribution in [0, 0.1) is 5.21 Å². The van der Waals surface area contributed by atoms with Crippen molar-refractivity contribution in [1.82, 2.24) is 14.8 Å². The van der Waals surface area contributed by atoms with Gasteiger partial charge in [-0.05, 0) is 23.6 Å². The molecule has 8 nitrogen and oxygen atoms in total. The number of rotatable bonds is 4. The molecule has 1 aromatic heterocycles. The molecule has 5 rings (SSSR count). The summed E-state index contributed by atoms with van der Waals surface area (Å²) in [6, 6.07) is 13.5. The molecular formula is C23H24N4O4. The maximum atomic E-state index is 13.3. The van der Waals surface area contributed by atoms with E-state index in [9.17, 15) is 20.0 Å². The Morgan fingerprint density at radius 3 is 2.61 bits per heavy atom. The number of nitrogens with one attached hydrogen (secondary N) is 2. The summed E-state index contributed by atoms with van der Waals surface area (Å²) in [5.74, 6) is -0.112. The van der Waals surface area contributed by atoms with Gasteiger partial charge >= 0.3 is 0 Å². The van der Waals surface area contributed by atoms with E-state index in [1.807, 2.05) is 31.2 Å². The number of amides is 2. The summed E-state index contributed by atoms with van der Waals surface area (Å²) < 4.78 is 0. The van der Waals surface area contributed by atoms with Crippen molar-refractivity contribution in [2.45, 2.75) is 31.8 Å². The second-order valence-corrected chi connectivity index (χ2v) is 8.17. The van der Waals surface area contributed by atoms with Crippen LogP contribution in [0.4, 0.5) is 5.69 Å². The van der Waals surface area contributed by atoms with E-state index in [0.717, 1.165) is 34.1 Å². The van der Waals surface area contributed by atoms with Crippen molar-refractivity contribution in [1.29, 1.82) is 0 Å². The number of hydrogen-bond donors (Lipinski definition) is 3. The topological polar surface area (TPSA) is 104 Å². The number of aromatic amines is 1. The predicted molar refractivity (Wildman–Crippen MR) is 114 cm³/mol. The minimum absolute atomic E-state index is 0.0236. The molecule has 8 heteroatoms. The van der Waals surface area contributed by atoms with Crippen LogP contribution in [-0.2, 0) is 16.0 Å². The maximum Gasteiger partial charge on any atom is 0.246 e. The largest absolute Gasteiger partial charge is 0.595 e. The van der Waals surface area contributed by atoms with Crippen molar-refractivity contribution in [3.8, 4) is 0 Å². The molecule has 2 amide bonds. The second kappa shape index (κ2) is 7.49. The first kappa shape index (κ1) is 19.7. The molecule has 0 saturated carbocycles. The molecule has 3 N–H and O–H groups in total. The minimum Gasteiger partial charge on any atom is -0.595 e. The number of aromatic nitrogens is 1. The van der Waals surface area contributed by atoms with Gasteiger partial charge in [-0.3, -0.25) is 9.59 Å². The number of H-pyrrole nitrogens is 1. The summed E-state index contributed by atoms with van der Waals surface area (Å²) in [6.45, 7) is 2.63. The third kappa shape index (κ3) is 3.11. The minimum atomic E-state index is -1.00. The zero-order chi connectivity index (χ0) is 21.7. The Morgan fingerprint density at radius 2 is 1.90 bits per heavy atom. The molecule has 1 fully saturated rings. The molecule has 3 aromatic rings. The van der Waals surface area contributed by atoms with Crippen molar-refractivity contribution in [3.63, 3.8) is 0 Å². The number of quaternary nitrogens is 1. The van der Waals surface area contributed by atoms with Crippen LogP contribution in [0.2, 0.25) is 0 Å². The lowest BCUT2D eigenvalue weighted by Gasteiger charge is -2.47. The molecular weight excluding hydrogens is 396 g/mol. The lowest BCUT2D eigenvalue weighted by atomic mass is 9.86. The van der Waals surface area contributed by atoms with Gasteiger partial charge < -0.3 is 20.0 Å². The van der Waals surface area contributed by atoms with Crippen molar-refractivity contribution < 1.29 is 20.0 Å². The number of carbonyl (C=O) groups is 2. The Hall–Kier alpha value is -3.20. The van der Waals surface area contributed by atoms with Crippen LogP contribution in [-0.4, -0.2) is 50.9 Å². The van der Waals surface area contributed by atoms with Crippen molar-refractivity contribution in [3.05, 3.63) is 70.6 Å². The molecule has 0 radical (unpaired) electrons. The normalized spacial score (nSPS) is 21.9. The third-order valence-corrected chi connectivity index (χ3v) is 6.31. The quantitative estimate of drug-likeness (QED) is 0.559. The summed E-state index contributed by atoms with van der Waals surface area (Å²) in [6.07, 6.45) is 1.26. The fraction of sp³-hybridized carbons (Fsp3) is 0.304. The molecule has 2 unspecified atom stereocenters. The Kier molecular flexibility index (Phi) is 4.77. The van der Waals surface area contributed by atoms with E-state index in [0.29, 0.717) is 13.0 Å². The standard InChI is InChI=1S/C23H24N4O4/c1-2-11-25-13-20(28)26-19(23(25)29)12-17-16-5-3-4-6-18(16)24-21(17)22(26)14-7-9-15(10-8-14)27(30)31/h3-10,19,22,24,27,30H,2,11-13H2,1H3/t19-,22?/m0/s1. The van der Waals surface area contributed by atoms with Crippen molar-refractivity contribution >= 4 is 28.4 Å². The van der Waals surface area contributed by atoms with Crippen LogP contribution in [0.15, 0.2) is 48.5 Å². The molecule has 0 bridgehead atoms. The summed E-state index contributed by atoms with van der Waals surface area (Å²) in [5.41, 5.74) is 3.87. The summed E-state index contributed by atoms with van der Waals surface area (Å²) in [5, 5.41) is 20.6. The van der Waals surface area contributed by atoms with E-state index in [2.05, 4.69) is 4.98 Å².